The zero-order valence-electron chi connectivity index (χ0n) is 9.64. The molecule has 0 aromatic rings. The van der Waals surface area contributed by atoms with Crippen LogP contribution in [0.1, 0.15) is 33.1 Å². The molecule has 0 heterocycles. The Labute approximate surface area is 96.9 Å². The van der Waals surface area contributed by atoms with E-state index in [9.17, 15) is 28.2 Å². The lowest BCUT2D eigenvalue weighted by Crippen LogP contribution is -2.54. The Hall–Kier alpha value is -0.880. The molecule has 1 aliphatic carbocycles. The first-order chi connectivity index (χ1) is 7.50. The lowest BCUT2D eigenvalue weighted by atomic mass is 9.68. The molecule has 0 aromatic carbocycles. The van der Waals surface area contributed by atoms with Gasteiger partial charge in [0.25, 0.3) is 0 Å². The largest absolute Gasteiger partial charge is 0.394 e. The van der Waals surface area contributed by atoms with E-state index in [1.807, 2.05) is 0 Å². The molecular formula is C11H15F3O3. The Morgan fingerprint density at radius 3 is 2.41 bits per heavy atom. The van der Waals surface area contributed by atoms with Gasteiger partial charge < -0.3 is 10.2 Å². The average Bonchev–Trinajstić information content (AvgIpc) is 2.10. The lowest BCUT2D eigenvalue weighted by Gasteiger charge is -2.42. The average molecular weight is 252 g/mol. The molecule has 0 fully saturated rings. The minimum atomic E-state index is -4.73. The summed E-state index contributed by atoms with van der Waals surface area (Å²) in [6, 6.07) is 0. The highest BCUT2D eigenvalue weighted by molar-refractivity contribution is 6.00. The Balaban J connectivity index is 3.05. The summed E-state index contributed by atoms with van der Waals surface area (Å²) in [5.74, 6) is -3.71. The number of ketones is 1. The summed E-state index contributed by atoms with van der Waals surface area (Å²) in [5, 5.41) is 19.2. The van der Waals surface area contributed by atoms with Crippen LogP contribution in [0.15, 0.2) is 11.6 Å². The van der Waals surface area contributed by atoms with Crippen molar-refractivity contribution in [1.29, 1.82) is 0 Å². The van der Waals surface area contributed by atoms with Crippen molar-refractivity contribution >= 4 is 5.78 Å². The first-order valence-corrected chi connectivity index (χ1v) is 5.23. The molecule has 1 rings (SSSR count). The summed E-state index contributed by atoms with van der Waals surface area (Å²) in [5.41, 5.74) is -1.53. The number of alkyl halides is 3. The highest BCUT2D eigenvalue weighted by atomic mass is 19.4. The summed E-state index contributed by atoms with van der Waals surface area (Å²) in [6.45, 7) is 2.63. The minimum absolute atomic E-state index is 0.00769. The zero-order valence-corrected chi connectivity index (χ0v) is 9.64. The second-order valence-electron chi connectivity index (χ2n) is 4.70. The maximum Gasteiger partial charge on any atom is 0.394 e. The van der Waals surface area contributed by atoms with Gasteiger partial charge >= 0.3 is 6.18 Å². The molecule has 17 heavy (non-hydrogen) atoms. The first kappa shape index (κ1) is 14.2. The third-order valence-electron chi connectivity index (χ3n) is 3.28. The van der Waals surface area contributed by atoms with Gasteiger partial charge in [-0.1, -0.05) is 6.08 Å². The topological polar surface area (TPSA) is 57.5 Å². The number of carbonyl (C=O) groups excluding carboxylic acids is 1. The van der Waals surface area contributed by atoms with E-state index in [4.69, 9.17) is 0 Å². The van der Waals surface area contributed by atoms with Gasteiger partial charge in [-0.05, 0) is 32.3 Å². The van der Waals surface area contributed by atoms with Crippen molar-refractivity contribution < 1.29 is 28.2 Å². The highest BCUT2D eigenvalue weighted by Gasteiger charge is 2.56. The van der Waals surface area contributed by atoms with E-state index in [2.05, 4.69) is 0 Å². The normalized spacial score (nSPS) is 27.0. The van der Waals surface area contributed by atoms with Gasteiger partial charge in [-0.2, -0.15) is 13.2 Å². The van der Waals surface area contributed by atoms with E-state index in [-0.39, 0.29) is 12.0 Å². The van der Waals surface area contributed by atoms with Gasteiger partial charge in [0.2, 0.25) is 0 Å². The second-order valence-corrected chi connectivity index (χ2v) is 4.70. The molecule has 0 aliphatic heterocycles. The van der Waals surface area contributed by atoms with Gasteiger partial charge in [0, 0.05) is 0 Å². The third kappa shape index (κ3) is 2.69. The molecule has 0 aromatic heterocycles. The van der Waals surface area contributed by atoms with Gasteiger partial charge in [-0.3, -0.25) is 4.79 Å². The number of halogens is 3. The molecule has 0 radical (unpaired) electrons. The van der Waals surface area contributed by atoms with Gasteiger partial charge in [0.05, 0.1) is 11.8 Å². The predicted molar refractivity (Wildman–Crippen MR) is 53.9 cm³/mol. The molecular weight excluding hydrogens is 237 g/mol. The van der Waals surface area contributed by atoms with Crippen molar-refractivity contribution in [1.82, 2.24) is 0 Å². The Bertz CT molecular complexity index is 357. The summed E-state index contributed by atoms with van der Waals surface area (Å²) in [4.78, 5) is 11.8. The van der Waals surface area contributed by atoms with Crippen molar-refractivity contribution in [2.24, 2.45) is 5.41 Å². The van der Waals surface area contributed by atoms with Crippen molar-refractivity contribution in [3.8, 4) is 0 Å². The number of aliphatic hydroxyl groups is 2. The molecule has 0 bridgehead atoms. The summed E-state index contributed by atoms with van der Waals surface area (Å²) >= 11 is 0. The number of Topliss-reactive ketones (excluding diaryl/α,β-unsaturated/α-hetero) is 1. The smallest absolute Gasteiger partial charge is 0.365 e. The Kier molecular flexibility index (Phi) is 3.42. The van der Waals surface area contributed by atoms with Crippen molar-refractivity contribution in [2.75, 3.05) is 0 Å². The van der Waals surface area contributed by atoms with Crippen LogP contribution in [-0.4, -0.2) is 28.0 Å². The van der Waals surface area contributed by atoms with Crippen molar-refractivity contribution in [3.63, 3.8) is 0 Å². The van der Waals surface area contributed by atoms with E-state index in [1.54, 1.807) is 6.08 Å². The van der Waals surface area contributed by atoms with E-state index in [0.29, 0.717) is 6.42 Å². The van der Waals surface area contributed by atoms with E-state index in [0.717, 1.165) is 6.92 Å². The van der Waals surface area contributed by atoms with Crippen LogP contribution >= 0.6 is 0 Å². The Morgan fingerprint density at radius 2 is 1.94 bits per heavy atom. The lowest BCUT2D eigenvalue weighted by molar-refractivity contribution is -0.286. The van der Waals surface area contributed by atoms with E-state index < -0.39 is 29.6 Å². The Morgan fingerprint density at radius 1 is 1.41 bits per heavy atom. The summed E-state index contributed by atoms with van der Waals surface area (Å²) < 4.78 is 36.8. The zero-order chi connectivity index (χ0) is 13.5. The van der Waals surface area contributed by atoms with Gasteiger partial charge in [-0.15, -0.1) is 0 Å². The SMILES string of the molecule is CC1=CCCC(C)(C(O)(O)CC(F)(F)F)C1=O. The van der Waals surface area contributed by atoms with Crippen LogP contribution in [-0.2, 0) is 4.79 Å². The molecule has 0 saturated carbocycles. The minimum Gasteiger partial charge on any atom is -0.365 e. The van der Waals surface area contributed by atoms with Gasteiger partial charge in [0.15, 0.2) is 11.6 Å². The number of hydrogen-bond acceptors (Lipinski definition) is 3. The monoisotopic (exact) mass is 252 g/mol. The van der Waals surface area contributed by atoms with E-state index in [1.165, 1.54) is 6.92 Å². The first-order valence-electron chi connectivity index (χ1n) is 5.23. The maximum atomic E-state index is 12.3. The van der Waals surface area contributed by atoms with Gasteiger partial charge in [-0.25, -0.2) is 0 Å². The second kappa shape index (κ2) is 4.10. The highest BCUT2D eigenvalue weighted by Crippen LogP contribution is 2.45. The molecule has 0 amide bonds. The summed E-state index contributed by atoms with van der Waals surface area (Å²) in [6.07, 6.45) is -4.60. The van der Waals surface area contributed by atoms with Crippen LogP contribution in [0.4, 0.5) is 13.2 Å². The van der Waals surface area contributed by atoms with Crippen LogP contribution in [0.2, 0.25) is 0 Å². The molecule has 1 atom stereocenters. The third-order valence-corrected chi connectivity index (χ3v) is 3.28. The molecule has 98 valence electrons. The summed E-state index contributed by atoms with van der Waals surface area (Å²) in [7, 11) is 0. The molecule has 0 spiro atoms. The fraction of sp³-hybridized carbons (Fsp3) is 0.727. The van der Waals surface area contributed by atoms with Crippen LogP contribution in [0.25, 0.3) is 0 Å². The fourth-order valence-corrected chi connectivity index (χ4v) is 2.08. The molecule has 6 heteroatoms. The standard InChI is InChI=1S/C11H15F3O3/c1-7-4-3-5-9(2,8(7)15)10(16,17)6-11(12,13)14/h4,16-17H,3,5-6H2,1-2H3. The van der Waals surface area contributed by atoms with Crippen molar-refractivity contribution in [2.45, 2.75) is 45.1 Å². The quantitative estimate of drug-likeness (QED) is 0.738. The number of rotatable bonds is 2. The predicted octanol–water partition coefficient (Wildman–Crippen LogP) is 1.94. The maximum absolute atomic E-state index is 12.3. The van der Waals surface area contributed by atoms with Crippen LogP contribution in [0.3, 0.4) is 0 Å². The van der Waals surface area contributed by atoms with Gasteiger partial charge in [0.1, 0.15) is 0 Å². The number of allylic oxidation sites excluding steroid dienone is 2. The fourth-order valence-electron chi connectivity index (χ4n) is 2.08. The van der Waals surface area contributed by atoms with Crippen molar-refractivity contribution in [3.05, 3.63) is 11.6 Å². The number of carbonyl (C=O) groups is 1. The van der Waals surface area contributed by atoms with Crippen LogP contribution in [0.5, 0.6) is 0 Å². The molecule has 3 nitrogen and oxygen atoms in total. The van der Waals surface area contributed by atoms with Crippen LogP contribution < -0.4 is 0 Å². The molecule has 0 saturated heterocycles. The molecule has 1 aliphatic rings. The van der Waals surface area contributed by atoms with E-state index >= 15 is 0 Å². The number of hydrogen-bond donors (Lipinski definition) is 2. The van der Waals surface area contributed by atoms with Crippen LogP contribution in [0, 0.1) is 5.41 Å². The molecule has 2 N–H and O–H groups in total. The molecule has 1 unspecified atom stereocenters.